The van der Waals surface area contributed by atoms with Crippen molar-refractivity contribution in [3.05, 3.63) is 24.3 Å². The van der Waals surface area contributed by atoms with Crippen LogP contribution in [0.3, 0.4) is 0 Å². The number of hydrogen-bond acceptors (Lipinski definition) is 16. The molecule has 10 N–H and O–H groups in total. The molecule has 1 saturated carbocycles. The number of esters is 2. The Hall–Kier alpha value is -1.64. The molecule has 1 aliphatic carbocycles. The Balaban J connectivity index is 2.38. The fourth-order valence-corrected chi connectivity index (χ4v) is 9.41. The molecule has 1 unspecified atom stereocenters. The number of cyclic esters (lactones) is 1. The van der Waals surface area contributed by atoms with Crippen molar-refractivity contribution in [2.45, 2.75) is 210 Å². The number of fused-ring (bicyclic) bond motifs is 4. The quantitative estimate of drug-likeness (QED) is 0.0291. The number of carbonyl (C=O) groups is 2. The number of allylic oxidation sites excluding steroid dienone is 1. The van der Waals surface area contributed by atoms with E-state index in [-0.39, 0.29) is 25.7 Å². The summed E-state index contributed by atoms with van der Waals surface area (Å²) in [5.74, 6) is -4.74. The van der Waals surface area contributed by atoms with Crippen molar-refractivity contribution in [2.75, 3.05) is 13.2 Å². The highest BCUT2D eigenvalue weighted by molar-refractivity contribution is 7.47. The van der Waals surface area contributed by atoms with Gasteiger partial charge in [0.1, 0.15) is 31.0 Å². The Bertz CT molecular complexity index is 1460. The van der Waals surface area contributed by atoms with E-state index in [9.17, 15) is 69.1 Å². The van der Waals surface area contributed by atoms with Crippen molar-refractivity contribution in [1.29, 1.82) is 0 Å². The zero-order chi connectivity index (χ0) is 47.7. The molecular weight excluding hydrogens is 882 g/mol. The van der Waals surface area contributed by atoms with Gasteiger partial charge in [0.15, 0.2) is 6.10 Å². The van der Waals surface area contributed by atoms with E-state index in [4.69, 9.17) is 23.0 Å². The zero-order valence-electron chi connectivity index (χ0n) is 37.5. The standard InChI is InChI=1S/C43H78O19P2/c1-3-5-7-8-9-10-11-12-13-14-15-16-18-24-37(48)60-31-28-58-36(47)23-20-19-22-32-34(45)27-35(46)33(26-25-30(44)21-17-6-4-2)39(50)42(61-63(53,54)55)43(41(52)40(51)38(32)49)62-64(56,57)59-29-31/h19-20,25-26,30-35,38-46,49-52H,3-18,21-24,27-29H2,1-2H3,(H,56,57)(H2,53,54,55)/b20-19-,26-25+/t30-,31-,32-,33+,34+,35-,38-,39-,40+,41-,42-,43+/m1/s1. The fraction of sp³-hybridized carbons (Fsp3) is 0.860. The highest BCUT2D eigenvalue weighted by Crippen LogP contribution is 2.49. The molecule has 0 aromatic carbocycles. The maximum Gasteiger partial charge on any atom is 0.472 e. The highest BCUT2D eigenvalue weighted by Gasteiger charge is 2.51. The number of unbranched alkanes of at least 4 members (excludes halogenated alkanes) is 14. The molecular formula is C43H78O19P2. The van der Waals surface area contributed by atoms with Crippen LogP contribution in [-0.4, -0.2) is 137 Å². The average molecular weight is 961 g/mol. The van der Waals surface area contributed by atoms with Crippen LogP contribution in [0, 0.1) is 11.8 Å². The first-order valence-corrected chi connectivity index (χ1v) is 26.2. The lowest BCUT2D eigenvalue weighted by Gasteiger charge is -2.38. The van der Waals surface area contributed by atoms with E-state index in [1.165, 1.54) is 63.2 Å². The summed E-state index contributed by atoms with van der Waals surface area (Å²) >= 11 is 0. The fourth-order valence-electron chi connectivity index (χ4n) is 7.88. The maximum atomic E-state index is 13.6. The summed E-state index contributed by atoms with van der Waals surface area (Å²) in [4.78, 5) is 56.5. The van der Waals surface area contributed by atoms with Crippen molar-refractivity contribution in [1.82, 2.24) is 0 Å². The molecule has 2 aliphatic rings. The van der Waals surface area contributed by atoms with Crippen LogP contribution < -0.4 is 0 Å². The lowest BCUT2D eigenvalue weighted by atomic mass is 9.83. The van der Waals surface area contributed by atoms with Crippen molar-refractivity contribution >= 4 is 27.6 Å². The first-order valence-electron chi connectivity index (χ1n) is 23.1. The molecule has 2 bridgehead atoms. The summed E-state index contributed by atoms with van der Waals surface area (Å²) in [6.07, 6.45) is -1.02. The van der Waals surface area contributed by atoms with Crippen LogP contribution >= 0.6 is 15.6 Å². The predicted molar refractivity (Wildman–Crippen MR) is 234 cm³/mol. The van der Waals surface area contributed by atoms with Crippen LogP contribution in [0.25, 0.3) is 0 Å². The van der Waals surface area contributed by atoms with Gasteiger partial charge in [0.05, 0.1) is 43.5 Å². The molecule has 0 aromatic heterocycles. The topological polar surface area (TPSA) is 317 Å². The van der Waals surface area contributed by atoms with E-state index in [0.29, 0.717) is 12.8 Å². The highest BCUT2D eigenvalue weighted by atomic mass is 31.2. The summed E-state index contributed by atoms with van der Waals surface area (Å²) in [7, 11) is -11.4. The molecule has 0 spiro atoms. The number of ether oxygens (including phenoxy) is 2. The van der Waals surface area contributed by atoms with E-state index in [1.807, 2.05) is 6.92 Å². The third-order valence-electron chi connectivity index (χ3n) is 11.6. The predicted octanol–water partition coefficient (Wildman–Crippen LogP) is 4.55. The van der Waals surface area contributed by atoms with Gasteiger partial charge in [-0.3, -0.25) is 23.2 Å². The van der Waals surface area contributed by atoms with E-state index in [1.54, 1.807) is 0 Å². The third kappa shape index (κ3) is 23.4. The zero-order valence-corrected chi connectivity index (χ0v) is 39.3. The van der Waals surface area contributed by atoms with E-state index in [0.717, 1.165) is 51.0 Å². The molecule has 1 fully saturated rings. The number of carbonyl (C=O) groups excluding carboxylic acids is 2. The maximum absolute atomic E-state index is 13.6. The van der Waals surface area contributed by atoms with Crippen LogP contribution in [0.5, 0.6) is 0 Å². The van der Waals surface area contributed by atoms with Gasteiger partial charge in [0.25, 0.3) is 0 Å². The van der Waals surface area contributed by atoms with Gasteiger partial charge >= 0.3 is 27.6 Å². The largest absolute Gasteiger partial charge is 0.472 e. The van der Waals surface area contributed by atoms with E-state index >= 15 is 0 Å². The van der Waals surface area contributed by atoms with Crippen LogP contribution in [-0.2, 0) is 41.8 Å². The number of rotatable bonds is 23. The van der Waals surface area contributed by atoms with Gasteiger partial charge in [0, 0.05) is 24.7 Å². The lowest BCUT2D eigenvalue weighted by molar-refractivity contribution is -0.165. The molecule has 1 aliphatic heterocycles. The molecule has 21 heteroatoms. The average Bonchev–Trinajstić information content (AvgIpc) is 3.23. The second-order valence-electron chi connectivity index (χ2n) is 17.1. The van der Waals surface area contributed by atoms with Gasteiger partial charge < -0.3 is 59.9 Å². The summed E-state index contributed by atoms with van der Waals surface area (Å²) < 4.78 is 51.8. The Labute approximate surface area is 378 Å². The first-order chi connectivity index (χ1) is 30.3. The minimum atomic E-state index is -5.76. The van der Waals surface area contributed by atoms with Crippen LogP contribution in [0.4, 0.5) is 0 Å². The molecule has 13 atom stereocenters. The normalized spacial score (nSPS) is 32.8. The number of phosphoric acid groups is 2. The number of hydrogen-bond donors (Lipinski definition) is 10. The molecule has 1 heterocycles. The third-order valence-corrected chi connectivity index (χ3v) is 13.1. The van der Waals surface area contributed by atoms with Gasteiger partial charge in [-0.15, -0.1) is 0 Å². The van der Waals surface area contributed by atoms with Crippen LogP contribution in [0.2, 0.25) is 0 Å². The van der Waals surface area contributed by atoms with E-state index in [2.05, 4.69) is 6.92 Å². The van der Waals surface area contributed by atoms with E-state index < -0.39 is 120 Å². The Morgan fingerprint density at radius 1 is 0.812 bits per heavy atom. The Morgan fingerprint density at radius 2 is 1.39 bits per heavy atom. The molecule has 374 valence electrons. The summed E-state index contributed by atoms with van der Waals surface area (Å²) in [6.45, 7) is 2.52. The van der Waals surface area contributed by atoms with Crippen LogP contribution in [0.15, 0.2) is 24.3 Å². The van der Waals surface area contributed by atoms with Gasteiger partial charge in [-0.05, 0) is 19.3 Å². The van der Waals surface area contributed by atoms with Crippen molar-refractivity contribution in [3.63, 3.8) is 0 Å². The van der Waals surface area contributed by atoms with Gasteiger partial charge in [-0.1, -0.05) is 134 Å². The molecule has 19 nitrogen and oxygen atoms in total. The minimum absolute atomic E-state index is 0.0315. The number of aliphatic hydroxyl groups is 7. The second kappa shape index (κ2) is 31.4. The van der Waals surface area contributed by atoms with Crippen molar-refractivity contribution in [2.24, 2.45) is 11.8 Å². The monoisotopic (exact) mass is 960 g/mol. The molecule has 0 aromatic rings. The smallest absolute Gasteiger partial charge is 0.461 e. The Kier molecular flexibility index (Phi) is 28.7. The molecule has 0 saturated heterocycles. The summed E-state index contributed by atoms with van der Waals surface area (Å²) in [5.41, 5.74) is 0. The molecule has 64 heavy (non-hydrogen) atoms. The minimum Gasteiger partial charge on any atom is -0.461 e. The lowest BCUT2D eigenvalue weighted by Crippen LogP contribution is -2.56. The SMILES string of the molecule is CCCCCCCCCCCCCCCC(=O)O[C@@H]1COC(=O)C/C=C\C[C@H]2[C@@H](O)[C@H](O)[C@@H](O)[C@H](OP(=O)(O)OC1)[C@H](OP(=O)(O)O)[C@H](O)[C@@H](/C=C/[C@H](O)CCCCC)[C@H](O)C[C@@H]2O. The Morgan fingerprint density at radius 3 is 1.98 bits per heavy atom. The van der Waals surface area contributed by atoms with Crippen LogP contribution in [0.1, 0.15) is 149 Å². The second-order valence-corrected chi connectivity index (χ2v) is 19.7. The summed E-state index contributed by atoms with van der Waals surface area (Å²) in [5, 5.41) is 79.3. The van der Waals surface area contributed by atoms with Crippen molar-refractivity contribution in [3.8, 4) is 0 Å². The molecule has 2 rings (SSSR count). The first kappa shape index (κ1) is 58.5. The number of aliphatic hydroxyl groups excluding tert-OH is 7. The van der Waals surface area contributed by atoms with Crippen molar-refractivity contribution < 1.29 is 92.2 Å². The number of phosphoric ester groups is 2. The molecule has 0 radical (unpaired) electrons. The molecule has 0 amide bonds. The van der Waals surface area contributed by atoms with Gasteiger partial charge in [-0.2, -0.15) is 0 Å². The van der Waals surface area contributed by atoms with Gasteiger partial charge in [-0.25, -0.2) is 9.13 Å². The van der Waals surface area contributed by atoms with Gasteiger partial charge in [0.2, 0.25) is 0 Å². The summed E-state index contributed by atoms with van der Waals surface area (Å²) in [6, 6.07) is 0.